The first-order chi connectivity index (χ1) is 8.69. The van der Waals surface area contributed by atoms with Crippen LogP contribution < -0.4 is 10.6 Å². The summed E-state index contributed by atoms with van der Waals surface area (Å²) in [6.07, 6.45) is 6.66. The maximum atomic E-state index is 10.7. The number of rotatable bonds is 9. The van der Waals surface area contributed by atoms with Gasteiger partial charge in [-0.1, -0.05) is 13.8 Å². The summed E-state index contributed by atoms with van der Waals surface area (Å²) in [5.74, 6) is 2.27. The summed E-state index contributed by atoms with van der Waals surface area (Å²) in [6, 6.07) is -0.213. The van der Waals surface area contributed by atoms with Gasteiger partial charge >= 0.3 is 0 Å². The first-order valence-corrected chi connectivity index (χ1v) is 7.45. The molecule has 1 aromatic rings. The molecule has 1 aromatic heterocycles. The molecule has 0 aliphatic heterocycles. The molecule has 0 aliphatic carbocycles. The van der Waals surface area contributed by atoms with E-state index in [0.29, 0.717) is 12.6 Å². The van der Waals surface area contributed by atoms with Crippen molar-refractivity contribution in [1.29, 1.82) is 0 Å². The van der Waals surface area contributed by atoms with Gasteiger partial charge < -0.3 is 5.32 Å². The van der Waals surface area contributed by atoms with E-state index >= 15 is 0 Å². The Morgan fingerprint density at radius 1 is 1.56 bits per heavy atom. The molecule has 0 aliphatic rings. The Morgan fingerprint density at radius 2 is 2.33 bits per heavy atom. The average Bonchev–Trinajstić information content (AvgIpc) is 2.82. The second kappa shape index (κ2) is 8.16. The number of hydrogen-bond donors (Lipinski definition) is 3. The van der Waals surface area contributed by atoms with Crippen molar-refractivity contribution in [3.63, 3.8) is 0 Å². The molecule has 0 saturated carbocycles. The van der Waals surface area contributed by atoms with Gasteiger partial charge in [-0.25, -0.2) is 0 Å². The van der Waals surface area contributed by atoms with Crippen LogP contribution in [0, 0.1) is 0 Å². The van der Waals surface area contributed by atoms with Gasteiger partial charge in [0.25, 0.3) is 0 Å². The lowest BCUT2D eigenvalue weighted by atomic mass is 10.1. The Morgan fingerprint density at radius 3 is 2.94 bits per heavy atom. The maximum absolute atomic E-state index is 10.7. The summed E-state index contributed by atoms with van der Waals surface area (Å²) in [7, 11) is 0. The number of nitrogens with one attached hydrogen (secondary N) is 3. The van der Waals surface area contributed by atoms with Crippen LogP contribution in [0.15, 0.2) is 6.20 Å². The third-order valence-electron chi connectivity index (χ3n) is 2.66. The quantitative estimate of drug-likeness (QED) is 0.596. The lowest BCUT2D eigenvalue weighted by Crippen LogP contribution is -2.35. The second-order valence-corrected chi connectivity index (χ2v) is 5.35. The Bertz CT molecular complexity index is 354. The number of H-pyrrole nitrogens is 1. The van der Waals surface area contributed by atoms with Crippen molar-refractivity contribution in [3.05, 3.63) is 11.8 Å². The van der Waals surface area contributed by atoms with Gasteiger partial charge in [-0.3, -0.25) is 15.2 Å². The van der Waals surface area contributed by atoms with E-state index in [4.69, 9.17) is 0 Å². The van der Waals surface area contributed by atoms with Crippen molar-refractivity contribution in [2.24, 2.45) is 0 Å². The minimum absolute atomic E-state index is 0.213. The van der Waals surface area contributed by atoms with Crippen molar-refractivity contribution in [2.45, 2.75) is 32.2 Å². The molecule has 5 nitrogen and oxygen atoms in total. The van der Waals surface area contributed by atoms with E-state index in [1.807, 2.05) is 18.7 Å². The van der Waals surface area contributed by atoms with Crippen LogP contribution in [-0.2, 0) is 4.79 Å². The molecule has 1 heterocycles. The van der Waals surface area contributed by atoms with E-state index in [-0.39, 0.29) is 6.04 Å². The lowest BCUT2D eigenvalue weighted by molar-refractivity contribution is 0.516. The number of thioether (sulfide) groups is 1. The van der Waals surface area contributed by atoms with E-state index in [2.05, 4.69) is 34.7 Å². The molecule has 18 heavy (non-hydrogen) atoms. The Kier molecular flexibility index (Phi) is 6.82. The van der Waals surface area contributed by atoms with E-state index in [0.717, 1.165) is 23.6 Å². The summed E-state index contributed by atoms with van der Waals surface area (Å²) >= 11 is 1.73. The lowest BCUT2D eigenvalue weighted by Gasteiger charge is -2.13. The first kappa shape index (κ1) is 15.0. The number of aromatic amines is 1. The third-order valence-corrected chi connectivity index (χ3v) is 3.30. The topological polar surface area (TPSA) is 69.8 Å². The summed E-state index contributed by atoms with van der Waals surface area (Å²) in [6.45, 7) is 4.75. The van der Waals surface area contributed by atoms with Gasteiger partial charge in [0.15, 0.2) is 0 Å². The summed E-state index contributed by atoms with van der Waals surface area (Å²) in [5, 5.41) is 13.2. The highest BCUT2D eigenvalue weighted by molar-refractivity contribution is 7.98. The van der Waals surface area contributed by atoms with Gasteiger partial charge in [-0.15, -0.1) is 0 Å². The van der Waals surface area contributed by atoms with Gasteiger partial charge in [-0.05, 0) is 24.3 Å². The highest BCUT2D eigenvalue weighted by atomic mass is 32.2. The Hall–Kier alpha value is -1.01. The predicted molar refractivity (Wildman–Crippen MR) is 76.8 cm³/mol. The summed E-state index contributed by atoms with van der Waals surface area (Å²) < 4.78 is 0. The van der Waals surface area contributed by atoms with Crippen molar-refractivity contribution < 1.29 is 4.79 Å². The van der Waals surface area contributed by atoms with Crippen LogP contribution in [0.3, 0.4) is 0 Å². The molecule has 6 heteroatoms. The van der Waals surface area contributed by atoms with Crippen LogP contribution in [0.4, 0.5) is 5.82 Å². The normalized spacial score (nSPS) is 12.7. The molecule has 1 radical (unpaired) electrons. The minimum Gasteiger partial charge on any atom is -0.358 e. The zero-order valence-corrected chi connectivity index (χ0v) is 11.9. The van der Waals surface area contributed by atoms with Crippen molar-refractivity contribution >= 4 is 23.9 Å². The van der Waals surface area contributed by atoms with Crippen LogP contribution in [0.5, 0.6) is 0 Å². The Balaban J connectivity index is 2.35. The van der Waals surface area contributed by atoms with Crippen LogP contribution in [-0.4, -0.2) is 41.2 Å². The standard InChI is InChI=1S/C12H21N4OS/c1-9(2)11-6-15-16-12(11)14-8-13-10(7-17)4-5-18-3/h6,9-10,13H,4-5,8H2,1-3H3,(H2,14,15,16)/t10-/m0/s1. The Labute approximate surface area is 112 Å². The van der Waals surface area contributed by atoms with Gasteiger partial charge in [0, 0.05) is 5.56 Å². The van der Waals surface area contributed by atoms with Crippen LogP contribution in [0.2, 0.25) is 0 Å². The first-order valence-electron chi connectivity index (χ1n) is 6.06. The fourth-order valence-electron chi connectivity index (χ4n) is 1.58. The zero-order valence-electron chi connectivity index (χ0n) is 11.1. The smallest absolute Gasteiger partial charge is 0.216 e. The molecule has 0 spiro atoms. The molecule has 1 atom stereocenters. The van der Waals surface area contributed by atoms with Gasteiger partial charge in [0.2, 0.25) is 6.29 Å². The van der Waals surface area contributed by atoms with E-state index in [1.165, 1.54) is 0 Å². The van der Waals surface area contributed by atoms with Crippen molar-refractivity contribution in [2.75, 3.05) is 24.0 Å². The highest BCUT2D eigenvalue weighted by Gasteiger charge is 2.10. The van der Waals surface area contributed by atoms with Crippen molar-refractivity contribution in [1.82, 2.24) is 15.5 Å². The molecule has 1 rings (SSSR count). The molecule has 0 fully saturated rings. The van der Waals surface area contributed by atoms with Crippen LogP contribution in [0.1, 0.15) is 31.7 Å². The summed E-state index contributed by atoms with van der Waals surface area (Å²) in [4.78, 5) is 10.7. The molecule has 0 aromatic carbocycles. The average molecular weight is 269 g/mol. The number of carbonyl (C=O) groups excluding carboxylic acids is 1. The molecule has 0 saturated heterocycles. The molecular weight excluding hydrogens is 248 g/mol. The molecule has 0 bridgehead atoms. The number of hydrogen-bond acceptors (Lipinski definition) is 5. The van der Waals surface area contributed by atoms with Crippen molar-refractivity contribution in [3.8, 4) is 0 Å². The third kappa shape index (κ3) is 4.70. The molecule has 3 N–H and O–H groups in total. The molecular formula is C12H21N4OS. The van der Waals surface area contributed by atoms with Crippen LogP contribution >= 0.6 is 11.8 Å². The van der Waals surface area contributed by atoms with E-state index < -0.39 is 0 Å². The van der Waals surface area contributed by atoms with Gasteiger partial charge in [-0.2, -0.15) is 16.9 Å². The minimum atomic E-state index is -0.213. The van der Waals surface area contributed by atoms with Gasteiger partial charge in [0.05, 0.1) is 18.9 Å². The SMILES string of the molecule is CSCC[C@@H]([C]=O)NCNc1[nH]ncc1C(C)C. The largest absolute Gasteiger partial charge is 0.358 e. The van der Waals surface area contributed by atoms with E-state index in [9.17, 15) is 4.79 Å². The van der Waals surface area contributed by atoms with Crippen LogP contribution in [0.25, 0.3) is 0 Å². The highest BCUT2D eigenvalue weighted by Crippen LogP contribution is 2.20. The monoisotopic (exact) mass is 269 g/mol. The number of nitrogens with zero attached hydrogens (tertiary/aromatic N) is 1. The fourth-order valence-corrected chi connectivity index (χ4v) is 2.05. The number of anilines is 1. The van der Waals surface area contributed by atoms with E-state index in [1.54, 1.807) is 11.8 Å². The second-order valence-electron chi connectivity index (χ2n) is 4.36. The van der Waals surface area contributed by atoms with Gasteiger partial charge in [0.1, 0.15) is 5.82 Å². The predicted octanol–water partition coefficient (Wildman–Crippen LogP) is 1.72. The summed E-state index contributed by atoms with van der Waals surface area (Å²) in [5.41, 5.74) is 1.15. The zero-order chi connectivity index (χ0) is 13.4. The number of aromatic nitrogens is 2. The molecule has 101 valence electrons. The fraction of sp³-hybridized carbons (Fsp3) is 0.667. The molecule has 0 unspecified atom stereocenters. The molecule has 0 amide bonds. The maximum Gasteiger partial charge on any atom is 0.216 e.